The maximum atomic E-state index is 12.6. The van der Waals surface area contributed by atoms with E-state index < -0.39 is 18.3 Å². The number of hydrogen-bond donors (Lipinski definition) is 2. The Hall–Kier alpha value is -2.67. The van der Waals surface area contributed by atoms with Gasteiger partial charge in [-0.15, -0.1) is 11.8 Å². The lowest BCUT2D eigenvalue weighted by Crippen LogP contribution is -2.35. The summed E-state index contributed by atoms with van der Waals surface area (Å²) in [7, 11) is 0. The molecule has 136 valence electrons. The fourth-order valence-corrected chi connectivity index (χ4v) is 3.83. The Morgan fingerprint density at radius 3 is 2.77 bits per heavy atom. The molecule has 7 heteroatoms. The number of hydrogen-bond acceptors (Lipinski definition) is 6. The number of carbonyl (C=O) groups is 2. The molecule has 2 aromatic rings. The predicted octanol–water partition coefficient (Wildman–Crippen LogP) is 3.17. The van der Waals surface area contributed by atoms with E-state index in [1.807, 2.05) is 24.3 Å². The van der Waals surface area contributed by atoms with E-state index in [1.165, 1.54) is 12.1 Å². The first kappa shape index (κ1) is 18.1. The molecule has 3 rings (SSSR count). The second-order valence-corrected chi connectivity index (χ2v) is 7.49. The maximum absolute atomic E-state index is 12.6. The molecule has 0 radical (unpaired) electrons. The zero-order valence-electron chi connectivity index (χ0n) is 14.2. The Morgan fingerprint density at radius 1 is 1.23 bits per heavy atom. The largest absolute Gasteiger partial charge is 0.508 e. The number of carbonyl (C=O) groups excluding carboxylic acids is 2. The zero-order valence-corrected chi connectivity index (χ0v) is 15.0. The number of para-hydroxylation sites is 1. The lowest BCUT2D eigenvalue weighted by atomic mass is 10.2. The molecule has 1 aliphatic heterocycles. The Balaban J connectivity index is 1.71. The number of esters is 1. The van der Waals surface area contributed by atoms with E-state index in [0.717, 1.165) is 23.1 Å². The van der Waals surface area contributed by atoms with Crippen molar-refractivity contribution in [2.24, 2.45) is 0 Å². The minimum atomic E-state index is -0.818. The van der Waals surface area contributed by atoms with E-state index in [-0.39, 0.29) is 17.2 Å². The molecule has 0 bridgehead atoms. The van der Waals surface area contributed by atoms with E-state index in [2.05, 4.69) is 6.92 Å². The molecule has 0 saturated carbocycles. The van der Waals surface area contributed by atoms with Crippen LogP contribution in [0.1, 0.15) is 23.7 Å². The third-order valence-corrected chi connectivity index (χ3v) is 5.31. The van der Waals surface area contributed by atoms with Gasteiger partial charge in [-0.25, -0.2) is 4.79 Å². The van der Waals surface area contributed by atoms with Gasteiger partial charge in [0.25, 0.3) is 5.91 Å². The molecule has 2 N–H and O–H groups in total. The number of ether oxygens (including phenoxy) is 1. The van der Waals surface area contributed by atoms with Crippen LogP contribution in [0.2, 0.25) is 0 Å². The van der Waals surface area contributed by atoms with Crippen LogP contribution in [-0.2, 0) is 9.53 Å². The van der Waals surface area contributed by atoms with E-state index in [9.17, 15) is 19.8 Å². The zero-order chi connectivity index (χ0) is 18.7. The molecule has 1 heterocycles. The monoisotopic (exact) mass is 373 g/mol. The molecule has 1 amide bonds. The summed E-state index contributed by atoms with van der Waals surface area (Å²) in [5, 5.41) is 19.4. The molecule has 6 nitrogen and oxygen atoms in total. The summed E-state index contributed by atoms with van der Waals surface area (Å²) >= 11 is 1.72. The van der Waals surface area contributed by atoms with Crippen molar-refractivity contribution < 1.29 is 24.5 Å². The van der Waals surface area contributed by atoms with Crippen molar-refractivity contribution in [3.63, 3.8) is 0 Å². The number of thioether (sulfide) groups is 1. The topological polar surface area (TPSA) is 87.1 Å². The Labute approximate surface area is 155 Å². The van der Waals surface area contributed by atoms with Gasteiger partial charge in [0.05, 0.1) is 5.69 Å². The highest BCUT2D eigenvalue weighted by atomic mass is 32.2. The van der Waals surface area contributed by atoms with Gasteiger partial charge in [-0.3, -0.25) is 4.79 Å². The van der Waals surface area contributed by atoms with Crippen LogP contribution in [0.25, 0.3) is 0 Å². The second kappa shape index (κ2) is 7.70. The van der Waals surface area contributed by atoms with Crippen LogP contribution in [0.5, 0.6) is 11.5 Å². The first-order valence-corrected chi connectivity index (χ1v) is 9.09. The van der Waals surface area contributed by atoms with Crippen LogP contribution in [-0.4, -0.2) is 40.5 Å². The molecule has 2 aromatic carbocycles. The summed E-state index contributed by atoms with van der Waals surface area (Å²) in [6.45, 7) is 2.24. The van der Waals surface area contributed by atoms with E-state index in [4.69, 9.17) is 4.74 Å². The van der Waals surface area contributed by atoms with Crippen LogP contribution < -0.4 is 4.90 Å². The third-order valence-electron chi connectivity index (χ3n) is 4.07. The summed E-state index contributed by atoms with van der Waals surface area (Å²) < 4.78 is 5.07. The standard InChI is InChI=1S/C19H19NO5S/c1-12-8-9-20(15-4-2-3-5-17(15)26-12)18(23)11-25-19(24)14-7-6-13(21)10-16(14)22/h2-7,10,12,21-22H,8-9,11H2,1H3/t12-/m1/s1. The van der Waals surface area contributed by atoms with Crippen molar-refractivity contribution in [2.75, 3.05) is 18.1 Å². The molecule has 0 fully saturated rings. The van der Waals surface area contributed by atoms with Crippen LogP contribution in [0.3, 0.4) is 0 Å². The SMILES string of the molecule is C[C@@H]1CCN(C(=O)COC(=O)c2ccc(O)cc2O)c2ccccc2S1. The van der Waals surface area contributed by atoms with Gasteiger partial charge >= 0.3 is 5.97 Å². The van der Waals surface area contributed by atoms with E-state index in [1.54, 1.807) is 16.7 Å². The van der Waals surface area contributed by atoms with Gasteiger partial charge in [-0.2, -0.15) is 0 Å². The molecule has 1 aliphatic rings. The van der Waals surface area contributed by atoms with Gasteiger partial charge in [0.1, 0.15) is 17.1 Å². The first-order valence-electron chi connectivity index (χ1n) is 8.21. The Kier molecular flexibility index (Phi) is 5.37. The van der Waals surface area contributed by atoms with Gasteiger partial charge in [-0.1, -0.05) is 19.1 Å². The molecule has 0 saturated heterocycles. The summed E-state index contributed by atoms with van der Waals surface area (Å²) in [6.07, 6.45) is 0.831. The second-order valence-electron chi connectivity index (χ2n) is 6.01. The van der Waals surface area contributed by atoms with Gasteiger partial charge in [0.2, 0.25) is 0 Å². The van der Waals surface area contributed by atoms with Gasteiger partial charge < -0.3 is 19.8 Å². The number of aromatic hydroxyl groups is 2. The number of anilines is 1. The average molecular weight is 373 g/mol. The third kappa shape index (κ3) is 3.94. The lowest BCUT2D eigenvalue weighted by Gasteiger charge is -2.22. The van der Waals surface area contributed by atoms with Crippen molar-refractivity contribution in [3.8, 4) is 11.5 Å². The molecule has 0 aromatic heterocycles. The van der Waals surface area contributed by atoms with Crippen molar-refractivity contribution >= 4 is 29.3 Å². The van der Waals surface area contributed by atoms with E-state index >= 15 is 0 Å². The minimum absolute atomic E-state index is 0.101. The highest BCUT2D eigenvalue weighted by molar-refractivity contribution is 8.00. The fraction of sp³-hybridized carbons (Fsp3) is 0.263. The van der Waals surface area contributed by atoms with Crippen LogP contribution >= 0.6 is 11.8 Å². The van der Waals surface area contributed by atoms with Crippen molar-refractivity contribution in [3.05, 3.63) is 48.0 Å². The smallest absolute Gasteiger partial charge is 0.342 e. The number of nitrogens with zero attached hydrogens (tertiary/aromatic N) is 1. The quantitative estimate of drug-likeness (QED) is 0.804. The van der Waals surface area contributed by atoms with Gasteiger partial charge in [0.15, 0.2) is 6.61 Å². The Morgan fingerprint density at radius 2 is 2.00 bits per heavy atom. The minimum Gasteiger partial charge on any atom is -0.508 e. The molecule has 1 atom stereocenters. The van der Waals surface area contributed by atoms with E-state index in [0.29, 0.717) is 11.8 Å². The first-order chi connectivity index (χ1) is 12.5. The fourth-order valence-electron chi connectivity index (χ4n) is 2.72. The molecule has 0 aliphatic carbocycles. The molecular weight excluding hydrogens is 354 g/mol. The highest BCUT2D eigenvalue weighted by Crippen LogP contribution is 2.37. The lowest BCUT2D eigenvalue weighted by molar-refractivity contribution is -0.121. The number of phenolic OH excluding ortho intramolecular Hbond substituents is 2. The number of benzene rings is 2. The van der Waals surface area contributed by atoms with Crippen LogP contribution in [0.4, 0.5) is 5.69 Å². The predicted molar refractivity (Wildman–Crippen MR) is 98.8 cm³/mol. The summed E-state index contributed by atoms with van der Waals surface area (Å²) in [5.41, 5.74) is 0.714. The number of rotatable bonds is 3. The number of amides is 1. The van der Waals surface area contributed by atoms with Gasteiger partial charge in [-0.05, 0) is 30.7 Å². The van der Waals surface area contributed by atoms with Gasteiger partial charge in [0, 0.05) is 22.8 Å². The van der Waals surface area contributed by atoms with Crippen LogP contribution in [0.15, 0.2) is 47.4 Å². The summed E-state index contributed by atoms with van der Waals surface area (Å²) in [5.74, 6) is -1.70. The number of fused-ring (bicyclic) bond motifs is 1. The van der Waals surface area contributed by atoms with Crippen LogP contribution in [0, 0.1) is 0 Å². The molecule has 0 spiro atoms. The summed E-state index contributed by atoms with van der Waals surface area (Å²) in [6, 6.07) is 11.2. The van der Waals surface area contributed by atoms with Crippen molar-refractivity contribution in [2.45, 2.75) is 23.5 Å². The summed E-state index contributed by atoms with van der Waals surface area (Å²) in [4.78, 5) is 27.4. The highest BCUT2D eigenvalue weighted by Gasteiger charge is 2.25. The Bertz CT molecular complexity index is 838. The molecular formula is C19H19NO5S. The normalized spacial score (nSPS) is 16.5. The average Bonchev–Trinajstić information content (AvgIpc) is 2.77. The number of phenols is 2. The van der Waals surface area contributed by atoms with Crippen molar-refractivity contribution in [1.82, 2.24) is 0 Å². The molecule has 0 unspecified atom stereocenters. The molecule has 26 heavy (non-hydrogen) atoms. The van der Waals surface area contributed by atoms with Crippen molar-refractivity contribution in [1.29, 1.82) is 0 Å². The maximum Gasteiger partial charge on any atom is 0.342 e.